The van der Waals surface area contributed by atoms with Crippen molar-refractivity contribution in [2.75, 3.05) is 6.54 Å². The topological polar surface area (TPSA) is 12.0 Å². The second-order valence-electron chi connectivity index (χ2n) is 3.66. The summed E-state index contributed by atoms with van der Waals surface area (Å²) in [5.74, 6) is 0. The maximum Gasteiger partial charge on any atom is 0.140 e. The van der Waals surface area contributed by atoms with Crippen LogP contribution in [0.5, 0.6) is 0 Å². The number of hydrogen-bond acceptors (Lipinski definition) is 1. The second kappa shape index (κ2) is 4.28. The number of nitrogens with one attached hydrogen (secondary N) is 1. The Balaban J connectivity index is 2.09. The third-order valence-corrected chi connectivity index (χ3v) is 2.89. The Morgan fingerprint density at radius 1 is 1.36 bits per heavy atom. The minimum atomic E-state index is -0.908. The van der Waals surface area contributed by atoms with E-state index in [1.165, 1.54) is 0 Å². The van der Waals surface area contributed by atoms with Crippen LogP contribution in [-0.4, -0.2) is 12.6 Å². The molecule has 1 N–H and O–H groups in total. The van der Waals surface area contributed by atoms with Gasteiger partial charge in [-0.05, 0) is 37.1 Å². The van der Waals surface area contributed by atoms with Crippen LogP contribution in [-0.2, 0) is 0 Å². The summed E-state index contributed by atoms with van der Waals surface area (Å²) in [6.45, 7) is 0.929. The van der Waals surface area contributed by atoms with Gasteiger partial charge in [0.05, 0.1) is 0 Å². The van der Waals surface area contributed by atoms with Crippen LogP contribution in [0, 0.1) is 0 Å². The molecule has 1 aromatic carbocycles. The van der Waals surface area contributed by atoms with Crippen LogP contribution in [0.4, 0.5) is 4.39 Å². The van der Waals surface area contributed by atoms with Crippen LogP contribution in [0.1, 0.15) is 24.6 Å². The van der Waals surface area contributed by atoms with E-state index < -0.39 is 6.17 Å². The summed E-state index contributed by atoms with van der Waals surface area (Å²) >= 11 is 5.74. The Kier molecular flexibility index (Phi) is 3.04. The molecule has 2 atom stereocenters. The van der Waals surface area contributed by atoms with Crippen LogP contribution in [0.15, 0.2) is 24.3 Å². The Bertz CT molecular complexity index is 293. The van der Waals surface area contributed by atoms with Gasteiger partial charge in [0.1, 0.15) is 6.17 Å². The highest BCUT2D eigenvalue weighted by Gasteiger charge is 2.25. The standard InChI is InChI=1S/C11H13ClFN/c12-9-5-3-8(4-6-9)11(13)10-2-1-7-14-10/h3-6,10-11,14H,1-2,7H2. The summed E-state index contributed by atoms with van der Waals surface area (Å²) in [7, 11) is 0. The van der Waals surface area contributed by atoms with Crippen molar-refractivity contribution in [2.45, 2.75) is 25.1 Å². The Morgan fingerprint density at radius 3 is 2.64 bits per heavy atom. The fourth-order valence-electron chi connectivity index (χ4n) is 1.84. The first-order valence-electron chi connectivity index (χ1n) is 4.90. The maximum absolute atomic E-state index is 13.9. The molecule has 0 bridgehead atoms. The summed E-state index contributed by atoms with van der Waals surface area (Å²) in [5.41, 5.74) is 0.716. The molecule has 0 aromatic heterocycles. The molecule has 1 aromatic rings. The van der Waals surface area contributed by atoms with Crippen molar-refractivity contribution in [1.29, 1.82) is 0 Å². The van der Waals surface area contributed by atoms with E-state index in [1.54, 1.807) is 24.3 Å². The van der Waals surface area contributed by atoms with Gasteiger partial charge in [-0.2, -0.15) is 0 Å². The van der Waals surface area contributed by atoms with Gasteiger partial charge in [0, 0.05) is 11.1 Å². The summed E-state index contributed by atoms with van der Waals surface area (Å²) in [6, 6.07) is 6.97. The van der Waals surface area contributed by atoms with Crippen LogP contribution < -0.4 is 5.32 Å². The van der Waals surface area contributed by atoms with Gasteiger partial charge in [-0.25, -0.2) is 4.39 Å². The smallest absolute Gasteiger partial charge is 0.140 e. The number of rotatable bonds is 2. The first-order chi connectivity index (χ1) is 6.77. The molecule has 0 amide bonds. The highest BCUT2D eigenvalue weighted by atomic mass is 35.5. The SMILES string of the molecule is FC(c1ccc(Cl)cc1)C1CCCN1. The van der Waals surface area contributed by atoms with Crippen LogP contribution in [0.2, 0.25) is 5.02 Å². The molecule has 0 radical (unpaired) electrons. The third kappa shape index (κ3) is 2.07. The van der Waals surface area contributed by atoms with Gasteiger partial charge in [-0.1, -0.05) is 23.7 Å². The molecule has 1 fully saturated rings. The van der Waals surface area contributed by atoms with Crippen molar-refractivity contribution in [2.24, 2.45) is 0 Å². The average Bonchev–Trinajstić information content (AvgIpc) is 2.71. The van der Waals surface area contributed by atoms with E-state index in [2.05, 4.69) is 5.32 Å². The molecule has 3 heteroatoms. The predicted octanol–water partition coefficient (Wildman–Crippen LogP) is 3.10. The Labute approximate surface area is 88.3 Å². The lowest BCUT2D eigenvalue weighted by Gasteiger charge is -2.16. The minimum Gasteiger partial charge on any atom is -0.311 e. The molecular formula is C11H13ClFN. The van der Waals surface area contributed by atoms with E-state index >= 15 is 0 Å². The maximum atomic E-state index is 13.9. The van der Waals surface area contributed by atoms with Gasteiger partial charge >= 0.3 is 0 Å². The number of hydrogen-bond donors (Lipinski definition) is 1. The molecule has 1 nitrogen and oxygen atoms in total. The van der Waals surface area contributed by atoms with Crippen molar-refractivity contribution in [3.63, 3.8) is 0 Å². The lowest BCUT2D eigenvalue weighted by atomic mass is 10.0. The van der Waals surface area contributed by atoms with Gasteiger partial charge in [0.15, 0.2) is 0 Å². The van der Waals surface area contributed by atoms with Gasteiger partial charge in [0.2, 0.25) is 0 Å². The summed E-state index contributed by atoms with van der Waals surface area (Å²) < 4.78 is 13.9. The van der Waals surface area contributed by atoms with Crippen molar-refractivity contribution in [3.05, 3.63) is 34.9 Å². The minimum absolute atomic E-state index is 0.0174. The zero-order chi connectivity index (χ0) is 9.97. The van der Waals surface area contributed by atoms with Crippen LogP contribution in [0.25, 0.3) is 0 Å². The van der Waals surface area contributed by atoms with E-state index in [0.717, 1.165) is 19.4 Å². The molecule has 0 spiro atoms. The third-order valence-electron chi connectivity index (χ3n) is 2.64. The number of benzene rings is 1. The van der Waals surface area contributed by atoms with Gasteiger partial charge in [-0.3, -0.25) is 0 Å². The van der Waals surface area contributed by atoms with Crippen molar-refractivity contribution in [1.82, 2.24) is 5.32 Å². The summed E-state index contributed by atoms with van der Waals surface area (Å²) in [4.78, 5) is 0. The largest absolute Gasteiger partial charge is 0.311 e. The number of halogens is 2. The normalized spacial score (nSPS) is 23.7. The van der Waals surface area contributed by atoms with E-state index in [0.29, 0.717) is 10.6 Å². The highest BCUT2D eigenvalue weighted by molar-refractivity contribution is 6.30. The van der Waals surface area contributed by atoms with Gasteiger partial charge in [-0.15, -0.1) is 0 Å². The molecule has 1 aliphatic rings. The lowest BCUT2D eigenvalue weighted by Crippen LogP contribution is -2.26. The summed E-state index contributed by atoms with van der Waals surface area (Å²) in [5, 5.41) is 3.81. The number of alkyl halides is 1. The van der Waals surface area contributed by atoms with E-state index in [9.17, 15) is 4.39 Å². The first-order valence-corrected chi connectivity index (χ1v) is 5.28. The molecule has 1 heterocycles. The zero-order valence-corrected chi connectivity index (χ0v) is 8.60. The van der Waals surface area contributed by atoms with Crippen molar-refractivity contribution in [3.8, 4) is 0 Å². The van der Waals surface area contributed by atoms with Gasteiger partial charge in [0.25, 0.3) is 0 Å². The molecular weight excluding hydrogens is 201 g/mol. The monoisotopic (exact) mass is 213 g/mol. The Hall–Kier alpha value is -0.600. The van der Waals surface area contributed by atoms with E-state index in [1.807, 2.05) is 0 Å². The quantitative estimate of drug-likeness (QED) is 0.796. The van der Waals surface area contributed by atoms with Gasteiger partial charge < -0.3 is 5.32 Å². The molecule has 76 valence electrons. The molecule has 0 aliphatic carbocycles. The van der Waals surface area contributed by atoms with E-state index in [4.69, 9.17) is 11.6 Å². The highest BCUT2D eigenvalue weighted by Crippen LogP contribution is 2.27. The summed E-state index contributed by atoms with van der Waals surface area (Å²) in [6.07, 6.45) is 1.08. The predicted molar refractivity (Wildman–Crippen MR) is 56.3 cm³/mol. The fraction of sp³-hybridized carbons (Fsp3) is 0.455. The Morgan fingerprint density at radius 2 is 2.07 bits per heavy atom. The average molecular weight is 214 g/mol. The molecule has 14 heavy (non-hydrogen) atoms. The van der Waals surface area contributed by atoms with E-state index in [-0.39, 0.29) is 6.04 Å². The molecule has 2 rings (SSSR count). The molecule has 2 unspecified atom stereocenters. The lowest BCUT2D eigenvalue weighted by molar-refractivity contribution is 0.271. The molecule has 1 saturated heterocycles. The first kappa shape index (κ1) is 9.94. The second-order valence-corrected chi connectivity index (χ2v) is 4.09. The fourth-order valence-corrected chi connectivity index (χ4v) is 1.97. The van der Waals surface area contributed by atoms with Crippen molar-refractivity contribution >= 4 is 11.6 Å². The van der Waals surface area contributed by atoms with Crippen LogP contribution in [0.3, 0.4) is 0 Å². The molecule has 0 saturated carbocycles. The van der Waals surface area contributed by atoms with Crippen molar-refractivity contribution < 1.29 is 4.39 Å². The molecule has 1 aliphatic heterocycles. The van der Waals surface area contributed by atoms with Crippen LogP contribution >= 0.6 is 11.6 Å². The zero-order valence-electron chi connectivity index (χ0n) is 7.84.